The largest absolute Gasteiger partial charge is 0.461 e. The van der Waals surface area contributed by atoms with Gasteiger partial charge in [-0.1, -0.05) is 18.2 Å². The Balaban J connectivity index is 2.05. The van der Waals surface area contributed by atoms with E-state index in [1.807, 2.05) is 0 Å². The van der Waals surface area contributed by atoms with Crippen molar-refractivity contribution in [3.8, 4) is 0 Å². The van der Waals surface area contributed by atoms with E-state index in [1.54, 1.807) is 37.3 Å². The highest BCUT2D eigenvalue weighted by molar-refractivity contribution is 6.11. The van der Waals surface area contributed by atoms with Gasteiger partial charge in [0.1, 0.15) is 11.2 Å². The lowest BCUT2D eigenvalue weighted by Crippen LogP contribution is -2.11. The number of hydrogen-bond donors (Lipinski definition) is 2. The Labute approximate surface area is 147 Å². The molecule has 3 rings (SSSR count). The molecule has 0 saturated heterocycles. The molecule has 0 aliphatic rings. The SMILES string of the molecule is CCOC(=O)c1cc2c(NC(=O)c3ccccc3)ccc([N+](=O)[O-])c2[nH]1. The Morgan fingerprint density at radius 3 is 2.58 bits per heavy atom. The first-order valence-electron chi connectivity index (χ1n) is 7.85. The van der Waals surface area contributed by atoms with E-state index in [4.69, 9.17) is 4.74 Å². The first-order chi connectivity index (χ1) is 12.5. The van der Waals surface area contributed by atoms with Gasteiger partial charge in [-0.25, -0.2) is 4.79 Å². The molecule has 0 aliphatic carbocycles. The van der Waals surface area contributed by atoms with Gasteiger partial charge in [0.05, 0.1) is 17.2 Å². The van der Waals surface area contributed by atoms with Crippen LogP contribution in [0.25, 0.3) is 10.9 Å². The van der Waals surface area contributed by atoms with Crippen LogP contribution in [0.3, 0.4) is 0 Å². The Hall–Kier alpha value is -3.68. The van der Waals surface area contributed by atoms with E-state index in [9.17, 15) is 19.7 Å². The summed E-state index contributed by atoms with van der Waals surface area (Å²) in [4.78, 5) is 37.7. The Morgan fingerprint density at radius 1 is 1.19 bits per heavy atom. The average molecular weight is 353 g/mol. The predicted molar refractivity (Wildman–Crippen MR) is 95.3 cm³/mol. The molecule has 0 radical (unpaired) electrons. The Morgan fingerprint density at radius 2 is 1.92 bits per heavy atom. The van der Waals surface area contributed by atoms with E-state index in [-0.39, 0.29) is 29.4 Å². The summed E-state index contributed by atoms with van der Waals surface area (Å²) in [6.45, 7) is 1.84. The highest BCUT2D eigenvalue weighted by atomic mass is 16.6. The Kier molecular flexibility index (Phi) is 4.66. The second-order valence-electron chi connectivity index (χ2n) is 5.40. The number of ether oxygens (including phenoxy) is 1. The number of aromatic amines is 1. The fourth-order valence-electron chi connectivity index (χ4n) is 2.57. The quantitative estimate of drug-likeness (QED) is 0.414. The normalized spacial score (nSPS) is 10.5. The molecule has 0 fully saturated rings. The molecule has 0 unspecified atom stereocenters. The number of carbonyl (C=O) groups excluding carboxylic acids is 2. The van der Waals surface area contributed by atoms with E-state index in [0.29, 0.717) is 16.6 Å². The number of nitro benzene ring substituents is 1. The van der Waals surface area contributed by atoms with Gasteiger partial charge >= 0.3 is 5.97 Å². The molecule has 8 nitrogen and oxygen atoms in total. The fourth-order valence-corrected chi connectivity index (χ4v) is 2.57. The number of anilines is 1. The standard InChI is InChI=1S/C18H15N3O5/c1-2-26-18(23)14-10-12-13(8-9-15(21(24)25)16(12)19-14)20-17(22)11-6-4-3-5-7-11/h3-10,19H,2H2,1H3,(H,20,22). The topological polar surface area (TPSA) is 114 Å². The summed E-state index contributed by atoms with van der Waals surface area (Å²) >= 11 is 0. The Bertz CT molecular complexity index is 995. The van der Waals surface area contributed by atoms with Gasteiger partial charge in [0.2, 0.25) is 0 Å². The highest BCUT2D eigenvalue weighted by Crippen LogP contribution is 2.32. The third-order valence-corrected chi connectivity index (χ3v) is 3.75. The van der Waals surface area contributed by atoms with Crippen LogP contribution in [0.4, 0.5) is 11.4 Å². The van der Waals surface area contributed by atoms with Crippen LogP contribution >= 0.6 is 0 Å². The molecule has 3 aromatic rings. The zero-order valence-electron chi connectivity index (χ0n) is 13.8. The summed E-state index contributed by atoms with van der Waals surface area (Å²) in [5.41, 5.74) is 0.815. The van der Waals surface area contributed by atoms with Gasteiger partial charge in [-0.05, 0) is 31.2 Å². The second kappa shape index (κ2) is 7.06. The summed E-state index contributed by atoms with van der Waals surface area (Å²) < 4.78 is 4.92. The molecule has 2 N–H and O–H groups in total. The van der Waals surface area contributed by atoms with Crippen LogP contribution in [0.15, 0.2) is 48.5 Å². The summed E-state index contributed by atoms with van der Waals surface area (Å²) in [5.74, 6) is -0.988. The van der Waals surface area contributed by atoms with Crippen LogP contribution in [-0.2, 0) is 4.74 Å². The van der Waals surface area contributed by atoms with Crippen molar-refractivity contribution in [2.24, 2.45) is 0 Å². The van der Waals surface area contributed by atoms with Crippen LogP contribution in [0.5, 0.6) is 0 Å². The first kappa shape index (κ1) is 17.2. The van der Waals surface area contributed by atoms with Crippen LogP contribution in [0, 0.1) is 10.1 Å². The zero-order valence-corrected chi connectivity index (χ0v) is 13.8. The maximum Gasteiger partial charge on any atom is 0.354 e. The molecule has 8 heteroatoms. The molecule has 1 heterocycles. The minimum Gasteiger partial charge on any atom is -0.461 e. The van der Waals surface area contributed by atoms with Gasteiger partial charge in [0.25, 0.3) is 11.6 Å². The number of carbonyl (C=O) groups is 2. The molecule has 2 aromatic carbocycles. The smallest absolute Gasteiger partial charge is 0.354 e. The first-order valence-corrected chi connectivity index (χ1v) is 7.85. The van der Waals surface area contributed by atoms with Crippen LogP contribution in [0.2, 0.25) is 0 Å². The van der Waals surface area contributed by atoms with Crippen molar-refractivity contribution in [2.75, 3.05) is 11.9 Å². The van der Waals surface area contributed by atoms with Crippen molar-refractivity contribution in [2.45, 2.75) is 6.92 Å². The van der Waals surface area contributed by atoms with Crippen molar-refractivity contribution < 1.29 is 19.2 Å². The lowest BCUT2D eigenvalue weighted by Gasteiger charge is -2.07. The number of non-ortho nitro benzene ring substituents is 1. The van der Waals surface area contributed by atoms with E-state index < -0.39 is 10.9 Å². The molecular formula is C18H15N3O5. The molecular weight excluding hydrogens is 338 g/mol. The minimum atomic E-state index is -0.627. The number of amides is 1. The van der Waals surface area contributed by atoms with Crippen LogP contribution in [-0.4, -0.2) is 28.4 Å². The molecule has 0 atom stereocenters. The number of H-pyrrole nitrogens is 1. The summed E-state index contributed by atoms with van der Waals surface area (Å²) in [5, 5.41) is 14.3. The van der Waals surface area contributed by atoms with E-state index in [0.717, 1.165) is 0 Å². The van der Waals surface area contributed by atoms with E-state index in [2.05, 4.69) is 10.3 Å². The number of esters is 1. The van der Waals surface area contributed by atoms with E-state index >= 15 is 0 Å². The summed E-state index contributed by atoms with van der Waals surface area (Å²) in [7, 11) is 0. The molecule has 26 heavy (non-hydrogen) atoms. The van der Waals surface area contributed by atoms with Gasteiger partial charge in [-0.3, -0.25) is 14.9 Å². The number of fused-ring (bicyclic) bond motifs is 1. The number of hydrogen-bond acceptors (Lipinski definition) is 5. The van der Waals surface area contributed by atoms with Crippen molar-refractivity contribution in [1.29, 1.82) is 0 Å². The van der Waals surface area contributed by atoms with Crippen molar-refractivity contribution in [3.63, 3.8) is 0 Å². The molecule has 132 valence electrons. The van der Waals surface area contributed by atoms with Crippen LogP contribution < -0.4 is 5.32 Å². The van der Waals surface area contributed by atoms with Crippen molar-refractivity contribution in [1.82, 2.24) is 4.98 Å². The fraction of sp³-hybridized carbons (Fsp3) is 0.111. The van der Waals surface area contributed by atoms with Crippen molar-refractivity contribution >= 4 is 34.2 Å². The predicted octanol–water partition coefficient (Wildman–Crippen LogP) is 3.51. The third-order valence-electron chi connectivity index (χ3n) is 3.75. The summed E-state index contributed by atoms with van der Waals surface area (Å²) in [6.07, 6.45) is 0. The number of nitrogens with one attached hydrogen (secondary N) is 2. The molecule has 0 aliphatic heterocycles. The minimum absolute atomic E-state index is 0.0753. The van der Waals surface area contributed by atoms with Gasteiger partial charge in [0.15, 0.2) is 0 Å². The average Bonchev–Trinajstić information content (AvgIpc) is 3.08. The lowest BCUT2D eigenvalue weighted by atomic mass is 10.1. The number of nitrogens with zero attached hydrogens (tertiary/aromatic N) is 1. The van der Waals surface area contributed by atoms with Crippen LogP contribution in [0.1, 0.15) is 27.8 Å². The monoisotopic (exact) mass is 353 g/mol. The maximum absolute atomic E-state index is 12.4. The maximum atomic E-state index is 12.4. The van der Waals surface area contributed by atoms with Gasteiger partial charge < -0.3 is 15.0 Å². The van der Waals surface area contributed by atoms with E-state index in [1.165, 1.54) is 18.2 Å². The lowest BCUT2D eigenvalue weighted by molar-refractivity contribution is -0.383. The molecule has 1 amide bonds. The van der Waals surface area contributed by atoms with Gasteiger partial charge in [-0.15, -0.1) is 0 Å². The van der Waals surface area contributed by atoms with Gasteiger partial charge in [-0.2, -0.15) is 0 Å². The molecule has 0 saturated carbocycles. The molecule has 0 spiro atoms. The highest BCUT2D eigenvalue weighted by Gasteiger charge is 2.21. The number of rotatable bonds is 5. The molecule has 0 bridgehead atoms. The number of nitro groups is 1. The number of benzene rings is 2. The summed E-state index contributed by atoms with van der Waals surface area (Å²) in [6, 6.07) is 12.7. The third kappa shape index (κ3) is 3.25. The zero-order chi connectivity index (χ0) is 18.7. The second-order valence-corrected chi connectivity index (χ2v) is 5.40. The number of aromatic nitrogens is 1. The van der Waals surface area contributed by atoms with Gasteiger partial charge in [0, 0.05) is 17.0 Å². The molecule has 1 aromatic heterocycles. The van der Waals surface area contributed by atoms with Crippen molar-refractivity contribution in [3.05, 3.63) is 69.9 Å².